The second-order valence-electron chi connectivity index (χ2n) is 8.83. The number of methoxy groups -OCH3 is 1. The van der Waals surface area contributed by atoms with Crippen LogP contribution in [0.2, 0.25) is 0 Å². The zero-order valence-corrected chi connectivity index (χ0v) is 18.8. The maximum absolute atomic E-state index is 13.9. The molecule has 35 heavy (non-hydrogen) atoms. The van der Waals surface area contributed by atoms with Crippen molar-refractivity contribution in [2.45, 2.75) is 0 Å². The first kappa shape index (κ1) is 21.3. The Bertz CT molecular complexity index is 1480. The third-order valence-electron chi connectivity index (χ3n) is 6.22. The highest BCUT2D eigenvalue weighted by Gasteiger charge is 2.50. The number of halogens is 1. The lowest BCUT2D eigenvalue weighted by atomic mass is 9.78. The average Bonchev–Trinajstić information content (AvgIpc) is 2.79. The van der Waals surface area contributed by atoms with Gasteiger partial charge in [0.25, 0.3) is 5.56 Å². The van der Waals surface area contributed by atoms with Crippen molar-refractivity contribution in [1.29, 1.82) is 0 Å². The van der Waals surface area contributed by atoms with E-state index in [0.717, 1.165) is 32.1 Å². The van der Waals surface area contributed by atoms with Gasteiger partial charge in [0.15, 0.2) is 11.6 Å². The van der Waals surface area contributed by atoms with Crippen LogP contribution in [0.15, 0.2) is 53.6 Å². The van der Waals surface area contributed by atoms with Crippen molar-refractivity contribution in [3.05, 3.63) is 65.0 Å². The normalized spacial score (nSPS) is 16.0. The molecule has 0 aliphatic carbocycles. The molecule has 0 unspecified atom stereocenters. The Hall–Kier alpha value is -4.25. The molecule has 2 aliphatic rings. The molecule has 10 nitrogen and oxygen atoms in total. The fraction of sp³-hybridized carbons (Fsp3) is 0.250. The quantitative estimate of drug-likeness (QED) is 0.386. The van der Waals surface area contributed by atoms with Crippen molar-refractivity contribution in [1.82, 2.24) is 19.9 Å². The second kappa shape index (κ2) is 8.20. The predicted octanol–water partition coefficient (Wildman–Crippen LogP) is 3.18. The van der Waals surface area contributed by atoms with Crippen LogP contribution in [0.25, 0.3) is 10.9 Å². The molecule has 2 fully saturated rings. The van der Waals surface area contributed by atoms with Gasteiger partial charge in [-0.3, -0.25) is 4.79 Å². The van der Waals surface area contributed by atoms with E-state index in [1.807, 2.05) is 6.07 Å². The van der Waals surface area contributed by atoms with Gasteiger partial charge in [0.2, 0.25) is 5.95 Å². The molecule has 5 heterocycles. The molecule has 0 radical (unpaired) electrons. The molecule has 11 heteroatoms. The van der Waals surface area contributed by atoms with Gasteiger partial charge >= 0.3 is 0 Å². The lowest BCUT2D eigenvalue weighted by molar-refractivity contribution is -0.127. The van der Waals surface area contributed by atoms with Gasteiger partial charge < -0.3 is 30.0 Å². The monoisotopic (exact) mass is 475 g/mol. The largest absolute Gasteiger partial charge is 0.493 e. The maximum atomic E-state index is 13.9. The van der Waals surface area contributed by atoms with Gasteiger partial charge in [-0.05, 0) is 18.2 Å². The third kappa shape index (κ3) is 3.89. The minimum atomic E-state index is -0.486. The number of anilines is 5. The Kier molecular flexibility index (Phi) is 4.99. The molecule has 3 N–H and O–H groups in total. The summed E-state index contributed by atoms with van der Waals surface area (Å²) in [5.41, 5.74) is 0.869. The molecule has 0 saturated carbocycles. The molecule has 0 atom stereocenters. The van der Waals surface area contributed by atoms with E-state index in [1.54, 1.807) is 43.8 Å². The van der Waals surface area contributed by atoms with Crippen molar-refractivity contribution >= 4 is 39.9 Å². The molecule has 0 amide bonds. The molecule has 178 valence electrons. The minimum absolute atomic E-state index is 0.160. The number of rotatable bonds is 6. The van der Waals surface area contributed by atoms with Gasteiger partial charge in [0.05, 0.1) is 43.1 Å². The van der Waals surface area contributed by atoms with E-state index in [1.165, 1.54) is 6.07 Å². The van der Waals surface area contributed by atoms with E-state index >= 15 is 0 Å². The Morgan fingerprint density at radius 1 is 1.17 bits per heavy atom. The smallest absolute Gasteiger partial charge is 0.272 e. The molecule has 6 rings (SSSR count). The van der Waals surface area contributed by atoms with E-state index in [0.29, 0.717) is 28.6 Å². The van der Waals surface area contributed by atoms with Crippen LogP contribution >= 0.6 is 0 Å². The number of ether oxygens (including phenoxy) is 2. The average molecular weight is 475 g/mol. The highest BCUT2D eigenvalue weighted by molar-refractivity contribution is 5.82. The molecule has 2 saturated heterocycles. The van der Waals surface area contributed by atoms with Gasteiger partial charge in [-0.1, -0.05) is 12.1 Å². The van der Waals surface area contributed by atoms with Crippen molar-refractivity contribution in [2.75, 3.05) is 48.9 Å². The summed E-state index contributed by atoms with van der Waals surface area (Å²) in [5.74, 6) is 1.66. The summed E-state index contributed by atoms with van der Waals surface area (Å²) in [7, 11) is 1.61. The van der Waals surface area contributed by atoms with E-state index in [9.17, 15) is 9.18 Å². The number of hydrogen-bond donors (Lipinski definition) is 3. The lowest BCUT2D eigenvalue weighted by Gasteiger charge is -2.55. The summed E-state index contributed by atoms with van der Waals surface area (Å²) >= 11 is 0. The molecule has 1 spiro atoms. The maximum Gasteiger partial charge on any atom is 0.272 e. The Labute approximate surface area is 199 Å². The number of hydrogen-bond acceptors (Lipinski definition) is 9. The van der Waals surface area contributed by atoms with Crippen LogP contribution in [0.4, 0.5) is 33.3 Å². The molecule has 2 aliphatic heterocycles. The van der Waals surface area contributed by atoms with Crippen molar-refractivity contribution < 1.29 is 13.9 Å². The highest BCUT2D eigenvalue weighted by Crippen LogP contribution is 2.42. The first-order valence-corrected chi connectivity index (χ1v) is 11.1. The summed E-state index contributed by atoms with van der Waals surface area (Å²) in [6.07, 6.45) is 3.26. The van der Waals surface area contributed by atoms with Crippen LogP contribution in [0, 0.1) is 11.2 Å². The number of aromatic amines is 1. The van der Waals surface area contributed by atoms with Crippen LogP contribution in [0.3, 0.4) is 0 Å². The SMILES string of the molecule is COc1cc(Nc2nccc(Nc3cc4cccc(F)c4[nH]c3=O)n2)cnc1N1CC2(COC2)C1. The molecule has 0 bridgehead atoms. The fourth-order valence-corrected chi connectivity index (χ4v) is 4.42. The van der Waals surface area contributed by atoms with Gasteiger partial charge in [-0.25, -0.2) is 14.4 Å². The lowest BCUT2D eigenvalue weighted by Crippen LogP contribution is -2.66. The van der Waals surface area contributed by atoms with Crippen LogP contribution < -0.4 is 25.8 Å². The van der Waals surface area contributed by atoms with E-state index in [2.05, 4.69) is 35.5 Å². The zero-order valence-electron chi connectivity index (χ0n) is 18.8. The Morgan fingerprint density at radius 3 is 2.80 bits per heavy atom. The predicted molar refractivity (Wildman–Crippen MR) is 129 cm³/mol. The van der Waals surface area contributed by atoms with E-state index < -0.39 is 11.4 Å². The van der Waals surface area contributed by atoms with Gasteiger partial charge in [-0.15, -0.1) is 0 Å². The standard InChI is InChI=1S/C24H22FN7O3/c1-34-18-8-15(9-27-21(18)32-10-24(11-32)12-35-13-24)28-23-26-6-5-19(30-23)29-17-7-14-3-2-4-16(25)20(14)31-22(17)33/h2-9H,10-13H2,1H3,(H,31,33)(H2,26,28,29,30). The number of aromatic nitrogens is 4. The first-order chi connectivity index (χ1) is 17.0. The highest BCUT2D eigenvalue weighted by atomic mass is 19.1. The van der Waals surface area contributed by atoms with Crippen molar-refractivity contribution in [3.63, 3.8) is 0 Å². The summed E-state index contributed by atoms with van der Waals surface area (Å²) in [6.45, 7) is 3.41. The van der Waals surface area contributed by atoms with E-state index in [-0.39, 0.29) is 16.6 Å². The number of benzene rings is 1. The molecule has 1 aromatic carbocycles. The summed E-state index contributed by atoms with van der Waals surface area (Å²) in [6, 6.07) is 9.66. The number of para-hydroxylation sites is 1. The zero-order chi connectivity index (χ0) is 24.0. The Balaban J connectivity index is 1.20. The van der Waals surface area contributed by atoms with Gasteiger partial charge in [-0.2, -0.15) is 4.98 Å². The number of pyridine rings is 2. The first-order valence-electron chi connectivity index (χ1n) is 11.1. The number of fused-ring (bicyclic) bond motifs is 1. The van der Waals surface area contributed by atoms with Gasteiger partial charge in [0, 0.05) is 30.7 Å². The molecular formula is C24H22FN7O3. The summed E-state index contributed by atoms with van der Waals surface area (Å²) < 4.78 is 24.9. The van der Waals surface area contributed by atoms with Crippen LogP contribution in [-0.4, -0.2) is 53.3 Å². The summed E-state index contributed by atoms with van der Waals surface area (Å²) in [4.78, 5) is 30.4. The fourth-order valence-electron chi connectivity index (χ4n) is 4.42. The topological polar surface area (TPSA) is 117 Å². The number of H-pyrrole nitrogens is 1. The summed E-state index contributed by atoms with van der Waals surface area (Å²) in [5, 5.41) is 6.66. The number of nitrogens with zero attached hydrogens (tertiary/aromatic N) is 4. The molecule has 4 aromatic rings. The third-order valence-corrected chi connectivity index (χ3v) is 6.22. The van der Waals surface area contributed by atoms with Crippen molar-refractivity contribution in [3.8, 4) is 5.75 Å². The second-order valence-corrected chi connectivity index (χ2v) is 8.83. The van der Waals surface area contributed by atoms with Crippen LogP contribution in [-0.2, 0) is 4.74 Å². The van der Waals surface area contributed by atoms with Crippen molar-refractivity contribution in [2.24, 2.45) is 5.41 Å². The Morgan fingerprint density at radius 2 is 2.03 bits per heavy atom. The molecule has 3 aromatic heterocycles. The van der Waals surface area contributed by atoms with Gasteiger partial charge in [0.1, 0.15) is 17.3 Å². The van der Waals surface area contributed by atoms with E-state index in [4.69, 9.17) is 9.47 Å². The van der Waals surface area contributed by atoms with Crippen LogP contribution in [0.1, 0.15) is 0 Å². The number of nitrogens with one attached hydrogen (secondary N) is 3. The minimum Gasteiger partial charge on any atom is -0.493 e. The molecular weight excluding hydrogens is 453 g/mol. The van der Waals surface area contributed by atoms with Crippen LogP contribution in [0.5, 0.6) is 5.75 Å².